The van der Waals surface area contributed by atoms with Crippen molar-refractivity contribution in [2.75, 3.05) is 0 Å². The van der Waals surface area contributed by atoms with Gasteiger partial charge in [-0.25, -0.2) is 0 Å². The molecule has 0 radical (unpaired) electrons. The first-order chi connectivity index (χ1) is 5.65. The van der Waals surface area contributed by atoms with E-state index >= 15 is 0 Å². The first-order valence-electron chi connectivity index (χ1n) is 3.50. The molecule has 1 rings (SSSR count). The Morgan fingerprint density at radius 3 is 2.67 bits per heavy atom. The van der Waals surface area contributed by atoms with Gasteiger partial charge < -0.3 is 0 Å². The largest absolute Gasteiger partial charge is 0.276 e. The highest BCUT2D eigenvalue weighted by Crippen LogP contribution is 2.14. The Kier molecular flexibility index (Phi) is 3.12. The van der Waals surface area contributed by atoms with Gasteiger partial charge in [0.05, 0.1) is 0 Å². The molecule has 0 heterocycles. The molecule has 0 saturated heterocycles. The van der Waals surface area contributed by atoms with Crippen LogP contribution in [0, 0.1) is 6.92 Å². The number of rotatable bonds is 2. The monoisotopic (exact) mass is 202 g/mol. The maximum Gasteiger partial charge on any atom is 0.252 e. The summed E-state index contributed by atoms with van der Waals surface area (Å²) < 4.78 is 0. The number of halogens is 2. The van der Waals surface area contributed by atoms with Gasteiger partial charge in [0.2, 0.25) is 0 Å². The third kappa shape index (κ3) is 1.99. The van der Waals surface area contributed by atoms with Gasteiger partial charge in [-0.2, -0.15) is 0 Å². The smallest absolute Gasteiger partial charge is 0.252 e. The number of aryl methyl sites for hydroxylation is 1. The number of hydrogen-bond donors (Lipinski definition) is 0. The molecule has 0 bridgehead atoms. The van der Waals surface area contributed by atoms with Gasteiger partial charge in [-0.05, 0) is 41.8 Å². The topological polar surface area (TPSA) is 17.1 Å². The van der Waals surface area contributed by atoms with Crippen LogP contribution in [0.15, 0.2) is 18.2 Å². The van der Waals surface area contributed by atoms with Crippen LogP contribution in [0.2, 0.25) is 0 Å². The standard InChI is InChI=1S/C9H8Cl2O/c1-6-2-3-7(9(11)12)4-8(6)5-10/h2-4H,5H2,1H3. The Labute approximate surface area is 81.3 Å². The van der Waals surface area contributed by atoms with E-state index in [4.69, 9.17) is 23.2 Å². The van der Waals surface area contributed by atoms with Gasteiger partial charge in [-0.3, -0.25) is 4.79 Å². The summed E-state index contributed by atoms with van der Waals surface area (Å²) >= 11 is 11.0. The third-order valence-electron chi connectivity index (χ3n) is 1.72. The van der Waals surface area contributed by atoms with Crippen LogP contribution in [-0.2, 0) is 5.88 Å². The zero-order chi connectivity index (χ0) is 9.14. The normalized spacial score (nSPS) is 9.92. The molecule has 0 aliphatic heterocycles. The molecule has 0 amide bonds. The van der Waals surface area contributed by atoms with E-state index in [-0.39, 0.29) is 0 Å². The summed E-state index contributed by atoms with van der Waals surface area (Å²) in [5, 5.41) is -0.443. The van der Waals surface area contributed by atoms with Gasteiger partial charge >= 0.3 is 0 Å². The summed E-state index contributed by atoms with van der Waals surface area (Å²) in [6.07, 6.45) is 0. The minimum absolute atomic E-state index is 0.407. The van der Waals surface area contributed by atoms with Crippen LogP contribution >= 0.6 is 23.2 Å². The van der Waals surface area contributed by atoms with Crippen molar-refractivity contribution in [1.82, 2.24) is 0 Å². The van der Waals surface area contributed by atoms with E-state index in [1.807, 2.05) is 13.0 Å². The van der Waals surface area contributed by atoms with Crippen molar-refractivity contribution >= 4 is 28.4 Å². The van der Waals surface area contributed by atoms with E-state index in [1.54, 1.807) is 12.1 Å². The van der Waals surface area contributed by atoms with E-state index < -0.39 is 5.24 Å². The highest BCUT2D eigenvalue weighted by Gasteiger charge is 2.03. The van der Waals surface area contributed by atoms with E-state index in [9.17, 15) is 4.79 Å². The average Bonchev–Trinajstić information content (AvgIpc) is 2.05. The number of hydrogen-bond acceptors (Lipinski definition) is 1. The first kappa shape index (κ1) is 9.56. The van der Waals surface area contributed by atoms with E-state index in [0.717, 1.165) is 11.1 Å². The summed E-state index contributed by atoms with van der Waals surface area (Å²) in [6.45, 7) is 1.94. The zero-order valence-corrected chi connectivity index (χ0v) is 8.12. The molecule has 3 heteroatoms. The molecule has 0 atom stereocenters. The summed E-state index contributed by atoms with van der Waals surface area (Å²) in [6, 6.07) is 5.26. The predicted octanol–water partition coefficient (Wildman–Crippen LogP) is 3.11. The van der Waals surface area contributed by atoms with Crippen molar-refractivity contribution in [3.8, 4) is 0 Å². The molecule has 64 valence electrons. The number of benzene rings is 1. The van der Waals surface area contributed by atoms with Crippen molar-refractivity contribution in [2.45, 2.75) is 12.8 Å². The fraction of sp³-hybridized carbons (Fsp3) is 0.222. The van der Waals surface area contributed by atoms with Gasteiger partial charge in [0, 0.05) is 11.4 Å². The van der Waals surface area contributed by atoms with Gasteiger partial charge in [0.15, 0.2) is 0 Å². The van der Waals surface area contributed by atoms with Crippen LogP contribution in [0.5, 0.6) is 0 Å². The van der Waals surface area contributed by atoms with Crippen molar-refractivity contribution in [3.05, 3.63) is 34.9 Å². The van der Waals surface area contributed by atoms with Crippen molar-refractivity contribution in [3.63, 3.8) is 0 Å². The minimum atomic E-state index is -0.443. The van der Waals surface area contributed by atoms with Crippen LogP contribution in [0.25, 0.3) is 0 Å². The summed E-state index contributed by atoms with van der Waals surface area (Å²) in [5.41, 5.74) is 2.52. The molecule has 12 heavy (non-hydrogen) atoms. The molecule has 0 fully saturated rings. The number of carbonyl (C=O) groups is 1. The molecule has 1 nitrogen and oxygen atoms in total. The quantitative estimate of drug-likeness (QED) is 0.533. The van der Waals surface area contributed by atoms with Crippen LogP contribution in [0.3, 0.4) is 0 Å². The lowest BCUT2D eigenvalue weighted by molar-refractivity contribution is 0.108. The van der Waals surface area contributed by atoms with Crippen molar-refractivity contribution in [1.29, 1.82) is 0 Å². The first-order valence-corrected chi connectivity index (χ1v) is 4.41. The average molecular weight is 203 g/mol. The van der Waals surface area contributed by atoms with Crippen LogP contribution < -0.4 is 0 Å². The lowest BCUT2D eigenvalue weighted by Gasteiger charge is -2.02. The second-order valence-corrected chi connectivity index (χ2v) is 3.16. The van der Waals surface area contributed by atoms with E-state index in [1.165, 1.54) is 0 Å². The van der Waals surface area contributed by atoms with Gasteiger partial charge in [0.1, 0.15) is 0 Å². The van der Waals surface area contributed by atoms with E-state index in [0.29, 0.717) is 11.4 Å². The maximum absolute atomic E-state index is 10.7. The highest BCUT2D eigenvalue weighted by atomic mass is 35.5. The van der Waals surface area contributed by atoms with Gasteiger partial charge in [0.25, 0.3) is 5.24 Å². The van der Waals surface area contributed by atoms with Crippen LogP contribution in [0.1, 0.15) is 21.5 Å². The Morgan fingerprint density at radius 1 is 1.50 bits per heavy atom. The van der Waals surface area contributed by atoms with Crippen LogP contribution in [0.4, 0.5) is 0 Å². The maximum atomic E-state index is 10.7. The summed E-state index contributed by atoms with van der Waals surface area (Å²) in [7, 11) is 0. The Bertz CT molecular complexity index is 307. The second kappa shape index (κ2) is 3.92. The zero-order valence-electron chi connectivity index (χ0n) is 6.60. The van der Waals surface area contributed by atoms with Crippen molar-refractivity contribution in [2.24, 2.45) is 0 Å². The third-order valence-corrected chi connectivity index (χ3v) is 2.23. The molecule has 0 unspecified atom stereocenters. The Morgan fingerprint density at radius 2 is 2.17 bits per heavy atom. The molecule has 0 saturated carbocycles. The molecular weight excluding hydrogens is 195 g/mol. The van der Waals surface area contributed by atoms with Crippen LogP contribution in [-0.4, -0.2) is 5.24 Å². The number of carbonyl (C=O) groups excluding carboxylic acids is 1. The molecule has 0 aromatic heterocycles. The van der Waals surface area contributed by atoms with Gasteiger partial charge in [-0.15, -0.1) is 11.6 Å². The lowest BCUT2D eigenvalue weighted by atomic mass is 10.1. The molecule has 0 spiro atoms. The Balaban J connectivity index is 3.13. The highest BCUT2D eigenvalue weighted by molar-refractivity contribution is 6.67. The Hall–Kier alpha value is -0.530. The minimum Gasteiger partial charge on any atom is -0.276 e. The summed E-state index contributed by atoms with van der Waals surface area (Å²) in [5.74, 6) is 0.407. The molecule has 0 N–H and O–H groups in total. The predicted molar refractivity (Wildman–Crippen MR) is 50.9 cm³/mol. The SMILES string of the molecule is Cc1ccc(C(=O)Cl)cc1CCl. The molecule has 0 aliphatic carbocycles. The van der Waals surface area contributed by atoms with Crippen molar-refractivity contribution < 1.29 is 4.79 Å². The molecule has 1 aromatic carbocycles. The molecule has 1 aromatic rings. The lowest BCUT2D eigenvalue weighted by Crippen LogP contribution is -1.92. The molecule has 0 aliphatic rings. The number of alkyl halides is 1. The fourth-order valence-electron chi connectivity index (χ4n) is 0.938. The second-order valence-electron chi connectivity index (χ2n) is 2.55. The van der Waals surface area contributed by atoms with E-state index in [2.05, 4.69) is 0 Å². The summed E-state index contributed by atoms with van der Waals surface area (Å²) in [4.78, 5) is 10.7. The molecular formula is C9H8Cl2O. The fourth-order valence-corrected chi connectivity index (χ4v) is 1.34. The van der Waals surface area contributed by atoms with Gasteiger partial charge in [-0.1, -0.05) is 6.07 Å².